The molecule has 0 radical (unpaired) electrons. The quantitative estimate of drug-likeness (QED) is 0.646. The SMILES string of the molecule is CN(C)c1cc(N2CC(C)(CO)C2)c(F)cc1/C(N)=C/NCC1CC(C)(C)CO1. The minimum Gasteiger partial charge on any atom is -0.397 e. The van der Waals surface area contributed by atoms with Crippen molar-refractivity contribution in [3.05, 3.63) is 29.7 Å². The van der Waals surface area contributed by atoms with E-state index in [2.05, 4.69) is 19.2 Å². The van der Waals surface area contributed by atoms with Gasteiger partial charge in [-0.05, 0) is 24.0 Å². The Kier molecular flexibility index (Phi) is 6.01. The first kappa shape index (κ1) is 21.7. The summed E-state index contributed by atoms with van der Waals surface area (Å²) >= 11 is 0. The molecule has 2 fully saturated rings. The highest BCUT2D eigenvalue weighted by Crippen LogP contribution is 2.38. The van der Waals surface area contributed by atoms with Crippen LogP contribution in [0.15, 0.2) is 18.3 Å². The number of nitrogens with two attached hydrogens (primary N) is 1. The maximum Gasteiger partial charge on any atom is 0.147 e. The molecule has 29 heavy (non-hydrogen) atoms. The van der Waals surface area contributed by atoms with Crippen molar-refractivity contribution in [1.29, 1.82) is 0 Å². The number of hydrogen-bond donors (Lipinski definition) is 3. The molecule has 162 valence electrons. The van der Waals surface area contributed by atoms with Crippen molar-refractivity contribution in [2.75, 3.05) is 56.7 Å². The van der Waals surface area contributed by atoms with E-state index in [1.165, 1.54) is 6.07 Å². The predicted octanol–water partition coefficient (Wildman–Crippen LogP) is 2.37. The first-order chi connectivity index (χ1) is 13.5. The molecule has 1 atom stereocenters. The number of aliphatic hydroxyl groups is 1. The third-order valence-electron chi connectivity index (χ3n) is 5.82. The van der Waals surface area contributed by atoms with E-state index in [1.807, 2.05) is 36.9 Å². The van der Waals surface area contributed by atoms with Gasteiger partial charge in [0.2, 0.25) is 0 Å². The smallest absolute Gasteiger partial charge is 0.147 e. The molecule has 0 bridgehead atoms. The third-order valence-corrected chi connectivity index (χ3v) is 5.82. The predicted molar refractivity (Wildman–Crippen MR) is 116 cm³/mol. The molecule has 2 heterocycles. The number of nitrogens with one attached hydrogen (secondary N) is 1. The second kappa shape index (κ2) is 8.03. The number of anilines is 2. The van der Waals surface area contributed by atoms with Crippen LogP contribution < -0.4 is 20.9 Å². The lowest BCUT2D eigenvalue weighted by atomic mass is 9.82. The van der Waals surface area contributed by atoms with E-state index in [9.17, 15) is 9.50 Å². The molecule has 3 rings (SSSR count). The van der Waals surface area contributed by atoms with Gasteiger partial charge in [-0.25, -0.2) is 4.39 Å². The van der Waals surface area contributed by atoms with Crippen LogP contribution in [0.1, 0.15) is 32.8 Å². The molecule has 0 amide bonds. The van der Waals surface area contributed by atoms with Crippen LogP contribution in [0.4, 0.5) is 15.8 Å². The van der Waals surface area contributed by atoms with E-state index in [4.69, 9.17) is 10.5 Å². The minimum atomic E-state index is -0.303. The first-order valence-corrected chi connectivity index (χ1v) is 10.2. The van der Waals surface area contributed by atoms with Crippen LogP contribution in [0, 0.1) is 16.6 Å². The summed E-state index contributed by atoms with van der Waals surface area (Å²) in [5.74, 6) is -0.303. The van der Waals surface area contributed by atoms with Crippen molar-refractivity contribution in [3.63, 3.8) is 0 Å². The molecule has 4 N–H and O–H groups in total. The molecule has 1 aromatic rings. The summed E-state index contributed by atoms with van der Waals surface area (Å²) in [6.45, 7) is 9.22. The van der Waals surface area contributed by atoms with Gasteiger partial charge >= 0.3 is 0 Å². The molecule has 2 aliphatic heterocycles. The highest BCUT2D eigenvalue weighted by molar-refractivity contribution is 5.78. The van der Waals surface area contributed by atoms with Crippen LogP contribution >= 0.6 is 0 Å². The van der Waals surface area contributed by atoms with E-state index < -0.39 is 0 Å². The fraction of sp³-hybridized carbons (Fsp3) is 0.636. The lowest BCUT2D eigenvalue weighted by Gasteiger charge is -2.48. The van der Waals surface area contributed by atoms with E-state index in [0.29, 0.717) is 36.6 Å². The van der Waals surface area contributed by atoms with Gasteiger partial charge in [-0.15, -0.1) is 0 Å². The molecule has 7 heteroatoms. The average molecular weight is 407 g/mol. The summed E-state index contributed by atoms with van der Waals surface area (Å²) in [5.41, 5.74) is 8.88. The Bertz CT molecular complexity index is 772. The van der Waals surface area contributed by atoms with Gasteiger partial charge in [-0.3, -0.25) is 0 Å². The van der Waals surface area contributed by atoms with E-state index in [-0.39, 0.29) is 29.4 Å². The van der Waals surface area contributed by atoms with Gasteiger partial charge in [0.05, 0.1) is 30.7 Å². The van der Waals surface area contributed by atoms with Crippen LogP contribution in [-0.4, -0.2) is 58.2 Å². The normalized spacial score (nSPS) is 23.1. The van der Waals surface area contributed by atoms with Crippen LogP contribution in [0.25, 0.3) is 5.70 Å². The Balaban J connectivity index is 1.73. The fourth-order valence-electron chi connectivity index (χ4n) is 4.13. The van der Waals surface area contributed by atoms with Crippen molar-refractivity contribution in [1.82, 2.24) is 5.32 Å². The summed E-state index contributed by atoms with van der Waals surface area (Å²) in [5, 5.41) is 12.7. The molecule has 1 unspecified atom stereocenters. The molecule has 0 aromatic heterocycles. The van der Waals surface area contributed by atoms with Crippen molar-refractivity contribution < 1.29 is 14.2 Å². The van der Waals surface area contributed by atoms with Gasteiger partial charge in [0.25, 0.3) is 0 Å². The monoisotopic (exact) mass is 406 g/mol. The zero-order valence-electron chi connectivity index (χ0n) is 18.3. The van der Waals surface area contributed by atoms with E-state index >= 15 is 0 Å². The summed E-state index contributed by atoms with van der Waals surface area (Å²) < 4.78 is 20.7. The van der Waals surface area contributed by atoms with Crippen molar-refractivity contribution >= 4 is 17.1 Å². The Morgan fingerprint density at radius 2 is 2.07 bits per heavy atom. The second-order valence-electron chi connectivity index (χ2n) is 9.85. The van der Waals surface area contributed by atoms with Gasteiger partial charge in [-0.2, -0.15) is 0 Å². The Morgan fingerprint density at radius 1 is 1.38 bits per heavy atom. The molecule has 0 saturated carbocycles. The first-order valence-electron chi connectivity index (χ1n) is 10.2. The van der Waals surface area contributed by atoms with Crippen molar-refractivity contribution in [2.45, 2.75) is 33.3 Å². The molecule has 2 saturated heterocycles. The van der Waals surface area contributed by atoms with Crippen LogP contribution in [0.5, 0.6) is 0 Å². The average Bonchev–Trinajstić information content (AvgIpc) is 2.97. The summed E-state index contributed by atoms with van der Waals surface area (Å²) in [6, 6.07) is 3.34. The van der Waals surface area contributed by atoms with Crippen molar-refractivity contribution in [3.8, 4) is 0 Å². The number of aliphatic hydroxyl groups excluding tert-OH is 1. The third kappa shape index (κ3) is 4.78. The molecular weight excluding hydrogens is 371 g/mol. The van der Waals surface area contributed by atoms with Gasteiger partial charge in [0, 0.05) is 56.6 Å². The van der Waals surface area contributed by atoms with Gasteiger partial charge in [0.15, 0.2) is 0 Å². The van der Waals surface area contributed by atoms with E-state index in [0.717, 1.165) is 18.7 Å². The highest BCUT2D eigenvalue weighted by Gasteiger charge is 2.39. The summed E-state index contributed by atoms with van der Waals surface area (Å²) in [7, 11) is 3.84. The highest BCUT2D eigenvalue weighted by atomic mass is 19.1. The second-order valence-corrected chi connectivity index (χ2v) is 9.85. The largest absolute Gasteiger partial charge is 0.397 e. The minimum absolute atomic E-state index is 0.104. The zero-order chi connectivity index (χ0) is 21.4. The van der Waals surface area contributed by atoms with E-state index in [1.54, 1.807) is 6.20 Å². The van der Waals surface area contributed by atoms with Crippen LogP contribution in [0.2, 0.25) is 0 Å². The lowest BCUT2D eigenvalue weighted by molar-refractivity contribution is 0.101. The Morgan fingerprint density at radius 3 is 2.62 bits per heavy atom. The number of rotatable bonds is 7. The van der Waals surface area contributed by atoms with Gasteiger partial charge in [-0.1, -0.05) is 20.8 Å². The molecule has 0 aliphatic carbocycles. The zero-order valence-corrected chi connectivity index (χ0v) is 18.3. The molecule has 0 spiro atoms. The number of hydrogen-bond acceptors (Lipinski definition) is 6. The molecule has 1 aromatic carbocycles. The maximum absolute atomic E-state index is 14.9. The Labute approximate surface area is 173 Å². The Hall–Kier alpha value is -1.99. The van der Waals surface area contributed by atoms with Gasteiger partial charge in [0.1, 0.15) is 5.82 Å². The van der Waals surface area contributed by atoms with Gasteiger partial charge < -0.3 is 30.7 Å². The number of halogens is 1. The fourth-order valence-corrected chi connectivity index (χ4v) is 4.13. The molecular formula is C22H35FN4O2. The van der Waals surface area contributed by atoms with Crippen LogP contribution in [0.3, 0.4) is 0 Å². The molecule has 6 nitrogen and oxygen atoms in total. The maximum atomic E-state index is 14.9. The standard InChI is InChI=1S/C22H35FN4O2/c1-21(2)8-15(29-14-21)9-25-10-18(24)16-6-17(23)20(7-19(16)26(4)5)27-11-22(3,12-27)13-28/h6-7,10,15,25,28H,8-9,11-14,24H2,1-5H3/b18-10-. The topological polar surface area (TPSA) is 74.0 Å². The number of nitrogens with zero attached hydrogens (tertiary/aromatic N) is 2. The lowest BCUT2D eigenvalue weighted by Crippen LogP contribution is -2.57. The van der Waals surface area contributed by atoms with Crippen molar-refractivity contribution in [2.24, 2.45) is 16.6 Å². The number of ether oxygens (including phenoxy) is 1. The summed E-state index contributed by atoms with van der Waals surface area (Å²) in [4.78, 5) is 3.90. The molecule has 2 aliphatic rings. The van der Waals surface area contributed by atoms with Crippen LogP contribution in [-0.2, 0) is 4.74 Å². The summed E-state index contributed by atoms with van der Waals surface area (Å²) in [6.07, 6.45) is 2.90. The number of benzene rings is 1.